The van der Waals surface area contributed by atoms with E-state index >= 15 is 0 Å². The van der Waals surface area contributed by atoms with E-state index < -0.39 is 0 Å². The van der Waals surface area contributed by atoms with Gasteiger partial charge in [-0.3, -0.25) is 0 Å². The Kier molecular flexibility index (Phi) is 2.81. The highest BCUT2D eigenvalue weighted by molar-refractivity contribution is 7.08. The van der Waals surface area contributed by atoms with Gasteiger partial charge in [0.05, 0.1) is 0 Å². The molecule has 1 atom stereocenters. The van der Waals surface area contributed by atoms with Gasteiger partial charge >= 0.3 is 0 Å². The van der Waals surface area contributed by atoms with Crippen LogP contribution in [0.5, 0.6) is 0 Å². The fourth-order valence-electron chi connectivity index (χ4n) is 1.81. The molecule has 0 aromatic carbocycles. The number of nitrogens with two attached hydrogens (primary N) is 1. The molecule has 1 nitrogen and oxygen atoms in total. The number of allylic oxidation sites excluding steroid dienone is 1. The first-order chi connectivity index (χ1) is 6.36. The average molecular weight is 193 g/mol. The molecule has 1 aliphatic carbocycles. The van der Waals surface area contributed by atoms with Crippen molar-refractivity contribution in [3.05, 3.63) is 28.5 Å². The molecule has 0 amide bonds. The van der Waals surface area contributed by atoms with E-state index in [1.54, 1.807) is 11.3 Å². The molecule has 13 heavy (non-hydrogen) atoms. The van der Waals surface area contributed by atoms with E-state index in [9.17, 15) is 0 Å². The minimum absolute atomic E-state index is 0.275. The van der Waals surface area contributed by atoms with Gasteiger partial charge in [0.1, 0.15) is 0 Å². The van der Waals surface area contributed by atoms with E-state index in [2.05, 4.69) is 22.9 Å². The number of rotatable bonds is 1. The smallest absolute Gasteiger partial charge is 0.0229 e. The van der Waals surface area contributed by atoms with E-state index in [1.807, 2.05) is 0 Å². The van der Waals surface area contributed by atoms with Crippen molar-refractivity contribution in [2.45, 2.75) is 31.7 Å². The van der Waals surface area contributed by atoms with E-state index in [0.29, 0.717) is 0 Å². The zero-order valence-electron chi connectivity index (χ0n) is 7.70. The number of hydrogen-bond acceptors (Lipinski definition) is 2. The largest absolute Gasteiger partial charge is 0.324 e. The fourth-order valence-corrected chi connectivity index (χ4v) is 2.49. The first kappa shape index (κ1) is 8.97. The van der Waals surface area contributed by atoms with Crippen molar-refractivity contribution in [2.75, 3.05) is 0 Å². The maximum absolute atomic E-state index is 5.96. The van der Waals surface area contributed by atoms with Crippen LogP contribution in [0, 0.1) is 0 Å². The Balaban J connectivity index is 2.21. The van der Waals surface area contributed by atoms with E-state index in [4.69, 9.17) is 5.73 Å². The van der Waals surface area contributed by atoms with Gasteiger partial charge in [-0.1, -0.05) is 12.5 Å². The molecule has 1 heterocycles. The zero-order valence-corrected chi connectivity index (χ0v) is 8.52. The first-order valence-electron chi connectivity index (χ1n) is 4.85. The predicted molar refractivity (Wildman–Crippen MR) is 58.7 cm³/mol. The summed E-state index contributed by atoms with van der Waals surface area (Å²) >= 11 is 1.76. The van der Waals surface area contributed by atoms with Crippen molar-refractivity contribution in [3.63, 3.8) is 0 Å². The average Bonchev–Trinajstić information content (AvgIpc) is 2.56. The third-order valence-electron chi connectivity index (χ3n) is 2.54. The van der Waals surface area contributed by atoms with Gasteiger partial charge < -0.3 is 5.73 Å². The Hall–Kier alpha value is -0.600. The van der Waals surface area contributed by atoms with Crippen molar-refractivity contribution in [1.82, 2.24) is 0 Å². The Bertz CT molecular complexity index is 287. The minimum Gasteiger partial charge on any atom is -0.324 e. The normalized spacial score (nSPS) is 23.8. The molecular weight excluding hydrogens is 178 g/mol. The van der Waals surface area contributed by atoms with Crippen LogP contribution in [0.15, 0.2) is 22.9 Å². The lowest BCUT2D eigenvalue weighted by molar-refractivity contribution is 0.658. The maximum atomic E-state index is 5.96. The Morgan fingerprint density at radius 1 is 1.38 bits per heavy atom. The van der Waals surface area contributed by atoms with Gasteiger partial charge in [-0.15, -0.1) is 0 Å². The Morgan fingerprint density at radius 3 is 3.08 bits per heavy atom. The second kappa shape index (κ2) is 4.07. The highest BCUT2D eigenvalue weighted by atomic mass is 32.1. The van der Waals surface area contributed by atoms with E-state index in [-0.39, 0.29) is 6.04 Å². The number of thiophene rings is 1. The van der Waals surface area contributed by atoms with Crippen LogP contribution in [0.1, 0.15) is 31.2 Å². The lowest BCUT2D eigenvalue weighted by Gasteiger charge is -2.03. The summed E-state index contributed by atoms with van der Waals surface area (Å²) < 4.78 is 0. The summed E-state index contributed by atoms with van der Waals surface area (Å²) in [5.41, 5.74) is 8.79. The van der Waals surface area contributed by atoms with Crippen LogP contribution in [0.3, 0.4) is 0 Å². The van der Waals surface area contributed by atoms with Crippen molar-refractivity contribution in [2.24, 2.45) is 5.73 Å². The summed E-state index contributed by atoms with van der Waals surface area (Å²) in [6.45, 7) is 0. The lowest BCUT2D eigenvalue weighted by atomic mass is 10.0. The summed E-state index contributed by atoms with van der Waals surface area (Å²) in [7, 11) is 0. The van der Waals surface area contributed by atoms with Crippen LogP contribution in [-0.4, -0.2) is 6.04 Å². The van der Waals surface area contributed by atoms with Gasteiger partial charge in [0.25, 0.3) is 0 Å². The molecule has 0 saturated carbocycles. The molecule has 2 rings (SSSR count). The monoisotopic (exact) mass is 193 g/mol. The summed E-state index contributed by atoms with van der Waals surface area (Å²) in [4.78, 5) is 0. The van der Waals surface area contributed by atoms with Crippen molar-refractivity contribution < 1.29 is 0 Å². The number of hydrogen-bond donors (Lipinski definition) is 1. The summed E-state index contributed by atoms with van der Waals surface area (Å²) in [5, 5.41) is 4.34. The molecule has 0 aliphatic heterocycles. The molecule has 0 bridgehead atoms. The van der Waals surface area contributed by atoms with Crippen molar-refractivity contribution in [3.8, 4) is 0 Å². The van der Waals surface area contributed by atoms with Crippen LogP contribution in [0.2, 0.25) is 0 Å². The van der Waals surface area contributed by atoms with Gasteiger partial charge in [-0.05, 0) is 47.2 Å². The fraction of sp³-hybridized carbons (Fsp3) is 0.455. The molecule has 1 aliphatic rings. The van der Waals surface area contributed by atoms with Crippen molar-refractivity contribution in [1.29, 1.82) is 0 Å². The van der Waals surface area contributed by atoms with Gasteiger partial charge in [0.2, 0.25) is 0 Å². The Morgan fingerprint density at radius 2 is 2.31 bits per heavy atom. The standard InChI is InChI=1S/C11H15NS/c12-11-4-2-1-3-9(7-11)10-5-6-13-8-10/h5-8,11H,1-4,12H2. The molecule has 1 unspecified atom stereocenters. The molecule has 2 heteroatoms. The molecule has 1 aromatic heterocycles. The van der Waals surface area contributed by atoms with Gasteiger partial charge in [0.15, 0.2) is 0 Å². The molecule has 0 fully saturated rings. The highest BCUT2D eigenvalue weighted by Crippen LogP contribution is 2.26. The molecule has 2 N–H and O–H groups in total. The molecule has 70 valence electrons. The predicted octanol–water partition coefficient (Wildman–Crippen LogP) is 3.03. The summed E-state index contributed by atoms with van der Waals surface area (Å²) in [6.07, 6.45) is 7.15. The Labute approximate surface area is 83.3 Å². The molecule has 0 spiro atoms. The summed E-state index contributed by atoms with van der Waals surface area (Å²) in [6, 6.07) is 2.46. The van der Waals surface area contributed by atoms with Crippen LogP contribution in [0.25, 0.3) is 5.57 Å². The van der Waals surface area contributed by atoms with Gasteiger partial charge in [-0.25, -0.2) is 0 Å². The first-order valence-corrected chi connectivity index (χ1v) is 5.79. The molecule has 1 aromatic rings. The molecule has 0 radical (unpaired) electrons. The third-order valence-corrected chi connectivity index (χ3v) is 3.22. The van der Waals surface area contributed by atoms with Gasteiger partial charge in [0, 0.05) is 6.04 Å². The van der Waals surface area contributed by atoms with Crippen LogP contribution >= 0.6 is 11.3 Å². The van der Waals surface area contributed by atoms with Crippen LogP contribution in [0.4, 0.5) is 0 Å². The second-order valence-electron chi connectivity index (χ2n) is 3.61. The van der Waals surface area contributed by atoms with Crippen LogP contribution < -0.4 is 5.73 Å². The highest BCUT2D eigenvalue weighted by Gasteiger charge is 2.09. The van der Waals surface area contributed by atoms with Crippen molar-refractivity contribution >= 4 is 16.9 Å². The minimum atomic E-state index is 0.275. The second-order valence-corrected chi connectivity index (χ2v) is 4.39. The van der Waals surface area contributed by atoms with E-state index in [0.717, 1.165) is 6.42 Å². The topological polar surface area (TPSA) is 26.0 Å². The lowest BCUT2D eigenvalue weighted by Crippen LogP contribution is -2.15. The van der Waals surface area contributed by atoms with Gasteiger partial charge in [-0.2, -0.15) is 11.3 Å². The molecule has 0 saturated heterocycles. The zero-order chi connectivity index (χ0) is 9.10. The summed E-state index contributed by atoms with van der Waals surface area (Å²) in [5.74, 6) is 0. The SMILES string of the molecule is NC1C=C(c2ccsc2)CCCC1. The molecular formula is C11H15NS. The maximum Gasteiger partial charge on any atom is 0.0229 e. The van der Waals surface area contributed by atoms with E-state index in [1.165, 1.54) is 30.4 Å². The quantitative estimate of drug-likeness (QED) is 0.729. The van der Waals surface area contributed by atoms with Crippen LogP contribution in [-0.2, 0) is 0 Å². The third kappa shape index (κ3) is 2.20.